The minimum absolute atomic E-state index is 0.723. The number of carbonyl (C=O) groups is 5. The Morgan fingerprint density at radius 3 is 1.46 bits per heavy atom. The van der Waals surface area contributed by atoms with Crippen molar-refractivity contribution in [2.24, 2.45) is 0 Å². The van der Waals surface area contributed by atoms with Crippen LogP contribution < -0.4 is 0 Å². The third-order valence-corrected chi connectivity index (χ3v) is 5.25. The molecule has 0 spiro atoms. The Hall–Kier alpha value is -3.73. The Kier molecular flexibility index (Phi) is 12.8. The fourth-order valence-electron chi connectivity index (χ4n) is 3.58. The van der Waals surface area contributed by atoms with E-state index in [-0.39, 0.29) is 0 Å². The van der Waals surface area contributed by atoms with Gasteiger partial charge in [0.1, 0.15) is 24.4 Å². The van der Waals surface area contributed by atoms with Crippen LogP contribution in [0.2, 0.25) is 0 Å². The summed E-state index contributed by atoms with van der Waals surface area (Å²) in [5.74, 6) is 0.282. The molecule has 2 aliphatic heterocycles. The highest BCUT2D eigenvalue weighted by atomic mass is 16.7. The molecule has 2 saturated heterocycles. The maximum Gasteiger partial charge on any atom is 0.339 e. The first kappa shape index (κ1) is 33.3. The fourth-order valence-corrected chi connectivity index (χ4v) is 3.58. The molecule has 0 aromatic carbocycles. The summed E-state index contributed by atoms with van der Waals surface area (Å²) in [6.45, 7) is 3.31. The molecule has 3 N–H and O–H groups in total. The number of hydrogen-bond donors (Lipinski definition) is 3. The highest BCUT2D eigenvalue weighted by Gasteiger charge is 2.54. The molecule has 0 aromatic rings. The summed E-state index contributed by atoms with van der Waals surface area (Å²) in [5, 5.41) is 28.1. The van der Waals surface area contributed by atoms with Gasteiger partial charge in [-0.25, -0.2) is 9.59 Å². The van der Waals surface area contributed by atoms with Crippen molar-refractivity contribution in [1.29, 1.82) is 0 Å². The van der Waals surface area contributed by atoms with Gasteiger partial charge < -0.3 is 48.5 Å². The number of esters is 5. The zero-order chi connectivity index (χ0) is 30.0. The van der Waals surface area contributed by atoms with Gasteiger partial charge in [-0.2, -0.15) is 0 Å². The molecule has 15 heteroatoms. The Morgan fingerprint density at radius 2 is 1.03 bits per heavy atom. The van der Waals surface area contributed by atoms with E-state index in [0.29, 0.717) is 0 Å². The molecule has 0 saturated carbocycles. The molecular weight excluding hydrogens is 528 g/mol. The zero-order valence-electron chi connectivity index (χ0n) is 21.7. The van der Waals surface area contributed by atoms with Crippen molar-refractivity contribution < 1.29 is 72.5 Å². The lowest BCUT2D eigenvalue weighted by atomic mass is 9.94. The maximum absolute atomic E-state index is 11.9. The summed E-state index contributed by atoms with van der Waals surface area (Å²) in [7, 11) is 2.21. The Morgan fingerprint density at radius 1 is 0.615 bits per heavy atom. The van der Waals surface area contributed by atoms with E-state index in [4.69, 9.17) is 36.5 Å². The highest BCUT2D eigenvalue weighted by molar-refractivity contribution is 5.77. The van der Waals surface area contributed by atoms with Gasteiger partial charge in [0.15, 0.2) is 36.6 Å². The van der Waals surface area contributed by atoms with Crippen LogP contribution in [0.1, 0.15) is 20.8 Å². The summed E-state index contributed by atoms with van der Waals surface area (Å²) in [4.78, 5) is 57.1. The predicted molar refractivity (Wildman–Crippen MR) is 124 cm³/mol. The van der Waals surface area contributed by atoms with Crippen LogP contribution in [0.5, 0.6) is 0 Å². The largest absolute Gasteiger partial charge is 0.467 e. The van der Waals surface area contributed by atoms with E-state index >= 15 is 0 Å². The van der Waals surface area contributed by atoms with E-state index in [1.807, 2.05) is 0 Å². The van der Waals surface area contributed by atoms with Gasteiger partial charge in [-0.15, -0.1) is 12.8 Å². The lowest BCUT2D eigenvalue weighted by Gasteiger charge is -2.41. The average molecular weight is 558 g/mol. The molecule has 2 rings (SSSR count). The van der Waals surface area contributed by atoms with Crippen molar-refractivity contribution in [3.8, 4) is 24.7 Å². The summed E-state index contributed by atoms with van der Waals surface area (Å²) >= 11 is 0. The molecular formula is C24H30O15. The van der Waals surface area contributed by atoms with E-state index in [1.54, 1.807) is 0 Å². The maximum atomic E-state index is 11.9. The second-order valence-electron chi connectivity index (χ2n) is 8.03. The monoisotopic (exact) mass is 558 g/mol. The molecule has 0 bridgehead atoms. The summed E-state index contributed by atoms with van der Waals surface area (Å²) in [6.07, 6.45) is -3.33. The first-order valence-corrected chi connectivity index (χ1v) is 11.2. The third kappa shape index (κ3) is 8.64. The van der Waals surface area contributed by atoms with E-state index in [9.17, 15) is 39.3 Å². The van der Waals surface area contributed by atoms with Crippen LogP contribution in [0.25, 0.3) is 0 Å². The van der Waals surface area contributed by atoms with Gasteiger partial charge in [-0.1, -0.05) is 11.8 Å². The molecule has 2 heterocycles. The summed E-state index contributed by atoms with van der Waals surface area (Å²) in [5.41, 5.74) is 0. The zero-order valence-corrected chi connectivity index (χ0v) is 21.7. The number of aliphatic hydroxyl groups is 3. The first-order chi connectivity index (χ1) is 18.2. The molecule has 216 valence electrons. The molecule has 10 atom stereocenters. The van der Waals surface area contributed by atoms with Gasteiger partial charge in [0.25, 0.3) is 0 Å². The number of terminal acetylenes is 2. The fraction of sp³-hybridized carbons (Fsp3) is 0.625. The Labute approximate surface area is 223 Å². The van der Waals surface area contributed by atoms with Gasteiger partial charge in [0, 0.05) is 20.8 Å². The van der Waals surface area contributed by atoms with Gasteiger partial charge >= 0.3 is 29.8 Å². The van der Waals surface area contributed by atoms with Gasteiger partial charge in [0.05, 0.1) is 14.2 Å². The molecule has 2 fully saturated rings. The predicted octanol–water partition coefficient (Wildman–Crippen LogP) is -3.00. The summed E-state index contributed by atoms with van der Waals surface area (Å²) in [6, 6.07) is 0. The van der Waals surface area contributed by atoms with Crippen LogP contribution in [-0.4, -0.2) is 120 Å². The van der Waals surface area contributed by atoms with Crippen molar-refractivity contribution in [1.82, 2.24) is 0 Å². The van der Waals surface area contributed by atoms with Crippen molar-refractivity contribution in [2.45, 2.75) is 81.8 Å². The Bertz CT molecular complexity index is 994. The van der Waals surface area contributed by atoms with Crippen LogP contribution in [0.15, 0.2) is 0 Å². The van der Waals surface area contributed by atoms with E-state index in [1.165, 1.54) is 0 Å². The number of hydrogen-bond acceptors (Lipinski definition) is 15. The lowest BCUT2D eigenvalue weighted by molar-refractivity contribution is -0.239. The number of carbonyl (C=O) groups excluding carboxylic acids is 5. The van der Waals surface area contributed by atoms with Crippen LogP contribution in [-0.2, 0) is 57.1 Å². The smallest absolute Gasteiger partial charge is 0.339 e. The van der Waals surface area contributed by atoms with Crippen LogP contribution in [0.3, 0.4) is 0 Å². The van der Waals surface area contributed by atoms with E-state index in [0.717, 1.165) is 35.0 Å². The average Bonchev–Trinajstić information content (AvgIpc) is 2.88. The SMILES string of the molecule is C#C[C@@H]1O[C@H](C(=O)OC)[C@@H](O)[C@H](O)[C@H]1O.C#C[C@@H]1O[C@H](C(=O)OC)[C@@H](OC(C)=O)[C@H](OC(C)=O)[C@H]1OC(C)=O. The van der Waals surface area contributed by atoms with Crippen LogP contribution in [0.4, 0.5) is 0 Å². The molecule has 0 amide bonds. The Balaban J connectivity index is 0.000000434. The number of ether oxygens (including phenoxy) is 7. The number of aliphatic hydroxyl groups excluding tert-OH is 3. The van der Waals surface area contributed by atoms with Crippen LogP contribution in [0, 0.1) is 24.7 Å². The standard InChI is InChI=1S/C15H18O9.C9H12O6/c1-6-10-11(21-7(2)16)12(22-8(3)17)13(23-9(4)18)14(24-10)15(19)20-5;1-3-4-5(10)6(11)7(12)8(15-4)9(13)14-2/h1,10-14H,2-5H3;1,4-8,10-12H,2H3/t10-,11-,12+,13-,14-;4-,5-,6+,7-,8-/m00/s1. The summed E-state index contributed by atoms with van der Waals surface area (Å²) < 4.78 is 34.4. The lowest BCUT2D eigenvalue weighted by Crippen LogP contribution is -2.63. The molecule has 2 aliphatic rings. The quantitative estimate of drug-likeness (QED) is 0.174. The second kappa shape index (κ2) is 15.0. The van der Waals surface area contributed by atoms with E-state index in [2.05, 4.69) is 21.3 Å². The number of rotatable bonds is 5. The topological polar surface area (TPSA) is 211 Å². The van der Waals surface area contributed by atoms with Crippen LogP contribution >= 0.6 is 0 Å². The first-order valence-electron chi connectivity index (χ1n) is 11.2. The number of methoxy groups -OCH3 is 2. The normalized spacial score (nSPS) is 33.4. The molecule has 0 aromatic heterocycles. The molecule has 39 heavy (non-hydrogen) atoms. The molecule has 0 aliphatic carbocycles. The van der Waals surface area contributed by atoms with Crippen molar-refractivity contribution in [3.05, 3.63) is 0 Å². The second-order valence-corrected chi connectivity index (χ2v) is 8.03. The van der Waals surface area contributed by atoms with Gasteiger partial charge in [0.2, 0.25) is 0 Å². The third-order valence-electron chi connectivity index (χ3n) is 5.25. The minimum atomic E-state index is -1.56. The molecule has 15 nitrogen and oxygen atoms in total. The minimum Gasteiger partial charge on any atom is -0.467 e. The van der Waals surface area contributed by atoms with Gasteiger partial charge in [-0.05, 0) is 0 Å². The highest BCUT2D eigenvalue weighted by Crippen LogP contribution is 2.29. The van der Waals surface area contributed by atoms with Crippen molar-refractivity contribution in [3.63, 3.8) is 0 Å². The van der Waals surface area contributed by atoms with Crippen molar-refractivity contribution in [2.75, 3.05) is 14.2 Å². The van der Waals surface area contributed by atoms with Gasteiger partial charge in [-0.3, -0.25) is 14.4 Å². The van der Waals surface area contributed by atoms with Crippen molar-refractivity contribution >= 4 is 29.8 Å². The van der Waals surface area contributed by atoms with E-state index < -0.39 is 90.9 Å². The molecule has 0 unspecified atom stereocenters. The molecule has 0 radical (unpaired) electrons.